The number of hydrogen-bond acceptors (Lipinski definition) is 4. The first-order chi connectivity index (χ1) is 11.7. The zero-order valence-corrected chi connectivity index (χ0v) is 14.5. The molecule has 4 nitrogen and oxygen atoms in total. The fourth-order valence-corrected chi connectivity index (χ4v) is 3.60. The van der Waals surface area contributed by atoms with Crippen LogP contribution in [0.4, 0.5) is 13.2 Å². The van der Waals surface area contributed by atoms with Crippen LogP contribution in [-0.4, -0.2) is 23.4 Å². The van der Waals surface area contributed by atoms with Crippen molar-refractivity contribution in [2.24, 2.45) is 5.92 Å². The minimum absolute atomic E-state index is 0.0652. The number of aliphatic carboxylic acids is 1. The van der Waals surface area contributed by atoms with Gasteiger partial charge in [0.1, 0.15) is 17.4 Å². The average molecular weight is 413 g/mol. The normalized spacial score (nSPS) is 19.9. The van der Waals surface area contributed by atoms with Gasteiger partial charge in [0.15, 0.2) is 5.75 Å². The SMILES string of the molecule is O=C(O)C1Cc2cc(Cl)c(Oc3cscc3Cl)cc2OC1C(F)(F)F. The lowest BCUT2D eigenvalue weighted by Gasteiger charge is -2.32. The molecule has 3 rings (SSSR count). The highest BCUT2D eigenvalue weighted by molar-refractivity contribution is 7.08. The molecular weight excluding hydrogens is 404 g/mol. The Morgan fingerprint density at radius 1 is 1.24 bits per heavy atom. The summed E-state index contributed by atoms with van der Waals surface area (Å²) in [4.78, 5) is 11.2. The summed E-state index contributed by atoms with van der Waals surface area (Å²) in [6.45, 7) is 0. The van der Waals surface area contributed by atoms with E-state index in [1.165, 1.54) is 23.5 Å². The number of carbonyl (C=O) groups is 1. The van der Waals surface area contributed by atoms with Crippen molar-refractivity contribution in [2.75, 3.05) is 0 Å². The van der Waals surface area contributed by atoms with E-state index in [-0.39, 0.29) is 28.5 Å². The molecule has 2 aromatic rings. The topological polar surface area (TPSA) is 55.8 Å². The molecule has 0 spiro atoms. The van der Waals surface area contributed by atoms with Crippen molar-refractivity contribution in [3.05, 3.63) is 38.5 Å². The van der Waals surface area contributed by atoms with Crippen LogP contribution in [0.1, 0.15) is 5.56 Å². The summed E-state index contributed by atoms with van der Waals surface area (Å²) in [5.74, 6) is -3.09. The maximum atomic E-state index is 13.1. The van der Waals surface area contributed by atoms with Gasteiger partial charge in [-0.1, -0.05) is 23.2 Å². The molecule has 1 aliphatic rings. The monoisotopic (exact) mass is 412 g/mol. The van der Waals surface area contributed by atoms with Crippen LogP contribution in [0.15, 0.2) is 22.9 Å². The van der Waals surface area contributed by atoms with Crippen molar-refractivity contribution in [1.29, 1.82) is 0 Å². The van der Waals surface area contributed by atoms with Gasteiger partial charge < -0.3 is 14.6 Å². The summed E-state index contributed by atoms with van der Waals surface area (Å²) in [6.07, 6.45) is -7.62. The van der Waals surface area contributed by atoms with Crippen molar-refractivity contribution in [3.63, 3.8) is 0 Å². The second-order valence-electron chi connectivity index (χ2n) is 5.31. The smallest absolute Gasteiger partial charge is 0.426 e. The van der Waals surface area contributed by atoms with Crippen LogP contribution in [0.25, 0.3) is 0 Å². The lowest BCUT2D eigenvalue weighted by atomic mass is 9.90. The Hall–Kier alpha value is -1.64. The third-order valence-electron chi connectivity index (χ3n) is 3.62. The molecule has 1 aromatic carbocycles. The van der Waals surface area contributed by atoms with Gasteiger partial charge in [0, 0.05) is 16.8 Å². The Kier molecular flexibility index (Phi) is 4.78. The zero-order valence-electron chi connectivity index (χ0n) is 12.1. The van der Waals surface area contributed by atoms with E-state index in [1.54, 1.807) is 10.8 Å². The molecule has 10 heteroatoms. The van der Waals surface area contributed by atoms with Gasteiger partial charge in [-0.15, -0.1) is 11.3 Å². The molecule has 0 saturated heterocycles. The van der Waals surface area contributed by atoms with E-state index in [0.29, 0.717) is 10.8 Å². The van der Waals surface area contributed by atoms with Gasteiger partial charge in [-0.2, -0.15) is 13.2 Å². The van der Waals surface area contributed by atoms with Crippen LogP contribution < -0.4 is 9.47 Å². The fraction of sp³-hybridized carbons (Fsp3) is 0.267. The number of halogens is 5. The Balaban J connectivity index is 1.97. The predicted molar refractivity (Wildman–Crippen MR) is 86.2 cm³/mol. The average Bonchev–Trinajstić information content (AvgIpc) is 2.91. The van der Waals surface area contributed by atoms with E-state index in [0.717, 1.165) is 0 Å². The van der Waals surface area contributed by atoms with Gasteiger partial charge in [0.25, 0.3) is 0 Å². The number of carboxylic acid groups (broad SMARTS) is 1. The molecule has 1 aromatic heterocycles. The highest BCUT2D eigenvalue weighted by atomic mass is 35.5. The van der Waals surface area contributed by atoms with Gasteiger partial charge in [-0.25, -0.2) is 0 Å². The third kappa shape index (κ3) is 3.65. The van der Waals surface area contributed by atoms with Gasteiger partial charge in [-0.3, -0.25) is 4.79 Å². The first-order valence-corrected chi connectivity index (χ1v) is 8.55. The first-order valence-electron chi connectivity index (χ1n) is 6.85. The van der Waals surface area contributed by atoms with Gasteiger partial charge in [-0.05, 0) is 18.1 Å². The number of thiophene rings is 1. The van der Waals surface area contributed by atoms with E-state index in [4.69, 9.17) is 37.8 Å². The highest BCUT2D eigenvalue weighted by Gasteiger charge is 2.52. The van der Waals surface area contributed by atoms with Gasteiger partial charge in [0.05, 0.1) is 10.0 Å². The third-order valence-corrected chi connectivity index (χ3v) is 5.06. The first kappa shape index (κ1) is 18.2. The second-order valence-corrected chi connectivity index (χ2v) is 6.86. The molecule has 25 heavy (non-hydrogen) atoms. The molecule has 2 heterocycles. The number of carboxylic acids is 1. The molecule has 0 fully saturated rings. The van der Waals surface area contributed by atoms with Crippen LogP contribution in [-0.2, 0) is 11.2 Å². The van der Waals surface area contributed by atoms with Crippen molar-refractivity contribution >= 4 is 40.5 Å². The summed E-state index contributed by atoms with van der Waals surface area (Å²) in [5.41, 5.74) is 0.265. The number of ether oxygens (including phenoxy) is 2. The second kappa shape index (κ2) is 6.59. The number of alkyl halides is 3. The molecule has 0 radical (unpaired) electrons. The number of rotatable bonds is 3. The molecule has 0 bridgehead atoms. The Morgan fingerprint density at radius 2 is 1.96 bits per heavy atom. The number of benzene rings is 1. The van der Waals surface area contributed by atoms with E-state index < -0.39 is 24.2 Å². The van der Waals surface area contributed by atoms with Crippen molar-refractivity contribution in [1.82, 2.24) is 0 Å². The Labute approximate surface area is 153 Å². The van der Waals surface area contributed by atoms with Crippen LogP contribution in [0, 0.1) is 5.92 Å². The summed E-state index contributed by atoms with van der Waals surface area (Å²) in [7, 11) is 0. The number of hydrogen-bond donors (Lipinski definition) is 1. The molecule has 1 aliphatic heterocycles. The van der Waals surface area contributed by atoms with Crippen molar-refractivity contribution in [3.8, 4) is 17.2 Å². The maximum Gasteiger partial charge on any atom is 0.426 e. The van der Waals surface area contributed by atoms with Gasteiger partial charge in [0.2, 0.25) is 6.10 Å². The molecule has 1 N–H and O–H groups in total. The predicted octanol–water partition coefficient (Wildman–Crippen LogP) is 5.41. The van der Waals surface area contributed by atoms with Crippen LogP contribution >= 0.6 is 34.5 Å². The quantitative estimate of drug-likeness (QED) is 0.731. The summed E-state index contributed by atoms with van der Waals surface area (Å²) in [5, 5.41) is 12.7. The van der Waals surface area contributed by atoms with Crippen LogP contribution in [0.5, 0.6) is 17.2 Å². The Morgan fingerprint density at radius 3 is 2.52 bits per heavy atom. The van der Waals surface area contributed by atoms with Crippen LogP contribution in [0.2, 0.25) is 10.0 Å². The number of fused-ring (bicyclic) bond motifs is 1. The van der Waals surface area contributed by atoms with Crippen molar-refractivity contribution < 1.29 is 32.5 Å². The molecule has 0 amide bonds. The van der Waals surface area contributed by atoms with Crippen molar-refractivity contribution in [2.45, 2.75) is 18.7 Å². The lowest BCUT2D eigenvalue weighted by molar-refractivity contribution is -0.217. The minimum atomic E-state index is -4.82. The highest BCUT2D eigenvalue weighted by Crippen LogP contribution is 2.44. The summed E-state index contributed by atoms with van der Waals surface area (Å²) < 4.78 is 49.8. The molecular formula is C15H9Cl2F3O4S. The molecule has 0 aliphatic carbocycles. The lowest BCUT2D eigenvalue weighted by Crippen LogP contribution is -2.47. The fourth-order valence-electron chi connectivity index (χ4n) is 2.46. The molecule has 134 valence electrons. The van der Waals surface area contributed by atoms with E-state index in [9.17, 15) is 18.0 Å². The summed E-state index contributed by atoms with van der Waals surface area (Å²) >= 11 is 13.3. The summed E-state index contributed by atoms with van der Waals surface area (Å²) in [6, 6.07) is 2.55. The van der Waals surface area contributed by atoms with Crippen LogP contribution in [0.3, 0.4) is 0 Å². The largest absolute Gasteiger partial charge is 0.481 e. The van der Waals surface area contributed by atoms with E-state index in [2.05, 4.69) is 0 Å². The standard InChI is InChI=1S/C15H9Cl2F3O4S/c16-8-2-6-1-7(14(21)22)13(15(18,19)20)24-10(6)3-11(8)23-12-5-25-4-9(12)17/h2-5,7,13H,1H2,(H,21,22). The van der Waals surface area contributed by atoms with E-state index in [1.807, 2.05) is 0 Å². The molecule has 2 unspecified atom stereocenters. The van der Waals surface area contributed by atoms with E-state index >= 15 is 0 Å². The maximum absolute atomic E-state index is 13.1. The zero-order chi connectivity index (χ0) is 18.4. The van der Waals surface area contributed by atoms with Gasteiger partial charge >= 0.3 is 12.1 Å². The molecule has 0 saturated carbocycles. The minimum Gasteiger partial charge on any atom is -0.481 e. The molecule has 2 atom stereocenters. The Bertz CT molecular complexity index is 822.